The number of fused-ring (bicyclic) bond motifs is 1. The zero-order chi connectivity index (χ0) is 20.2. The van der Waals surface area contributed by atoms with Crippen LogP contribution < -0.4 is 0 Å². The molecule has 0 aliphatic carbocycles. The predicted molar refractivity (Wildman–Crippen MR) is 100 cm³/mol. The Hall–Kier alpha value is -1.10. The highest BCUT2D eigenvalue weighted by atomic mass is 79.9. The van der Waals surface area contributed by atoms with E-state index in [1.807, 2.05) is 6.92 Å². The maximum Gasteiger partial charge on any atom is 0.197 e. The third-order valence-electron chi connectivity index (χ3n) is 3.49. The fraction of sp³-hybridized carbons (Fsp3) is 0.167. The number of ketones is 1. The van der Waals surface area contributed by atoms with Gasteiger partial charge in [0.15, 0.2) is 5.78 Å². The zero-order valence-electron chi connectivity index (χ0n) is 16.2. The molecule has 1 atom stereocenters. The van der Waals surface area contributed by atoms with Gasteiger partial charge in [-0.05, 0) is 37.6 Å². The molecule has 0 aliphatic heterocycles. The molecular weight excluding hydrogens is 443 g/mol. The minimum Gasteiger partial charge on any atom is -0.459 e. The lowest BCUT2D eigenvalue weighted by molar-refractivity contribution is 0.103. The van der Waals surface area contributed by atoms with Crippen molar-refractivity contribution in [2.45, 2.75) is 19.2 Å². The molecule has 2 aromatic carbocycles. The number of furan rings is 1. The third-order valence-corrected chi connectivity index (χ3v) is 5.34. The summed E-state index contributed by atoms with van der Waals surface area (Å²) in [4.78, 5) is 13.3. The topological polar surface area (TPSA) is 30.2 Å². The highest BCUT2D eigenvalue weighted by Gasteiger charge is 2.25. The number of hydrogen-bond donors (Lipinski definition) is 0. The average molecular weight is 461 g/mol. The maximum absolute atomic E-state index is 13.3. The second-order valence-electron chi connectivity index (χ2n) is 5.06. The maximum atomic E-state index is 13.3. The lowest BCUT2D eigenvalue weighted by Gasteiger charge is -2.08. The van der Waals surface area contributed by atoms with Crippen LogP contribution in [0.3, 0.4) is 0 Å². The summed E-state index contributed by atoms with van der Waals surface area (Å²) < 4.78 is 39.2. The molecule has 3 aromatic rings. The van der Waals surface area contributed by atoms with E-state index < -0.39 is 23.2 Å². The van der Waals surface area contributed by atoms with E-state index in [1.165, 1.54) is 0 Å². The van der Waals surface area contributed by atoms with Crippen LogP contribution in [-0.2, 0) is 0 Å². The summed E-state index contributed by atoms with van der Waals surface area (Å²) in [6.07, 6.45) is 0. The number of benzene rings is 2. The molecule has 3 rings (SSSR count). The Morgan fingerprint density at radius 1 is 1.26 bits per heavy atom. The smallest absolute Gasteiger partial charge is 0.197 e. The van der Waals surface area contributed by atoms with Gasteiger partial charge in [0.05, 0.1) is 16.4 Å². The number of para-hydroxylation sites is 1. The summed E-state index contributed by atoms with van der Waals surface area (Å²) in [7, 11) is 0. The van der Waals surface area contributed by atoms with Crippen LogP contribution in [0, 0.1) is 6.92 Å². The number of halogens is 3. The van der Waals surface area contributed by atoms with Gasteiger partial charge in [-0.1, -0.05) is 50.0 Å². The van der Waals surface area contributed by atoms with Crippen molar-refractivity contribution < 1.29 is 14.7 Å². The molecule has 23 heavy (non-hydrogen) atoms. The predicted octanol–water partition coefficient (Wildman–Crippen LogP) is 6.80. The van der Waals surface area contributed by atoms with Gasteiger partial charge >= 0.3 is 0 Å². The van der Waals surface area contributed by atoms with Gasteiger partial charge in [-0.15, -0.1) is 11.6 Å². The normalized spacial score (nSPS) is 15.0. The van der Waals surface area contributed by atoms with Crippen LogP contribution >= 0.6 is 43.5 Å². The molecule has 0 spiro atoms. The molecule has 5 heteroatoms. The number of hydrogen-bond acceptors (Lipinski definition) is 2. The van der Waals surface area contributed by atoms with Crippen molar-refractivity contribution in [1.29, 1.82) is 0 Å². The van der Waals surface area contributed by atoms with E-state index in [9.17, 15) is 4.79 Å². The molecule has 0 saturated heterocycles. The van der Waals surface area contributed by atoms with E-state index >= 15 is 0 Å². The summed E-state index contributed by atoms with van der Waals surface area (Å²) in [6, 6.07) is 1.81. The monoisotopic (exact) mass is 458 g/mol. The fourth-order valence-corrected chi connectivity index (χ4v) is 3.60. The van der Waals surface area contributed by atoms with Gasteiger partial charge in [-0.25, -0.2) is 0 Å². The van der Waals surface area contributed by atoms with E-state index in [0.29, 0.717) is 5.56 Å². The lowest BCUT2D eigenvalue weighted by atomic mass is 9.98. The third kappa shape index (κ3) is 3.00. The highest BCUT2D eigenvalue weighted by molar-refractivity contribution is 9.11. The van der Waals surface area contributed by atoms with Crippen molar-refractivity contribution in [3.8, 4) is 0 Å². The van der Waals surface area contributed by atoms with Gasteiger partial charge in [0, 0.05) is 19.9 Å². The van der Waals surface area contributed by atoms with E-state index in [2.05, 4.69) is 31.9 Å². The Kier molecular flexibility index (Phi) is 3.43. The number of rotatable bonds is 3. The Balaban J connectivity index is 2.40. The molecule has 0 radical (unpaired) electrons. The minimum absolute atomic E-state index is 0.0429. The van der Waals surface area contributed by atoms with Crippen molar-refractivity contribution in [3.05, 3.63) is 67.7 Å². The molecule has 1 unspecified atom stereocenters. The second kappa shape index (κ2) is 6.42. The first-order valence-corrected chi connectivity index (χ1v) is 8.75. The molecular formula is C18H13Br2ClO2. The lowest BCUT2D eigenvalue weighted by Crippen LogP contribution is -2.05. The van der Waals surface area contributed by atoms with E-state index in [4.69, 9.17) is 21.5 Å². The molecule has 0 aliphatic rings. The number of alkyl halides is 1. The standard InChI is InChI=1S/C18H13Br2ClO2/c1-9-13(19)7-11(8-14(9)20)17(22)16-12-5-3-4-6-15(12)23-18(16)10(2)21/h3-8,10H,1-2H3/i3D,4D,5D,6D. The first-order valence-electron chi connectivity index (χ1n) is 8.73. The van der Waals surface area contributed by atoms with Crippen molar-refractivity contribution in [2.75, 3.05) is 0 Å². The summed E-state index contributed by atoms with van der Waals surface area (Å²) in [5.41, 5.74) is 1.25. The van der Waals surface area contributed by atoms with Crippen molar-refractivity contribution in [2.24, 2.45) is 0 Å². The van der Waals surface area contributed by atoms with Crippen LogP contribution in [0.5, 0.6) is 0 Å². The molecule has 0 bridgehead atoms. The van der Waals surface area contributed by atoms with Crippen molar-refractivity contribution in [3.63, 3.8) is 0 Å². The Bertz CT molecular complexity index is 1090. The highest BCUT2D eigenvalue weighted by Crippen LogP contribution is 2.35. The summed E-state index contributed by atoms with van der Waals surface area (Å²) >= 11 is 13.0. The zero-order valence-corrected chi connectivity index (χ0v) is 16.1. The van der Waals surface area contributed by atoms with Gasteiger partial charge < -0.3 is 4.42 Å². The van der Waals surface area contributed by atoms with E-state index in [0.717, 1.165) is 14.5 Å². The van der Waals surface area contributed by atoms with Crippen LogP contribution in [-0.4, -0.2) is 5.78 Å². The van der Waals surface area contributed by atoms with Crippen LogP contribution in [0.4, 0.5) is 0 Å². The quantitative estimate of drug-likeness (QED) is 0.318. The molecule has 1 heterocycles. The van der Waals surface area contributed by atoms with E-state index in [-0.39, 0.29) is 34.4 Å². The summed E-state index contributed by atoms with van der Waals surface area (Å²) in [5.74, 6) is -0.306. The molecule has 0 saturated carbocycles. The van der Waals surface area contributed by atoms with Crippen molar-refractivity contribution in [1.82, 2.24) is 0 Å². The minimum atomic E-state index is -0.698. The van der Waals surface area contributed by atoms with Crippen LogP contribution in [0.15, 0.2) is 49.7 Å². The summed E-state index contributed by atoms with van der Waals surface area (Å²) in [5, 5.41) is -0.655. The second-order valence-corrected chi connectivity index (χ2v) is 7.42. The number of carbonyl (C=O) groups is 1. The first-order chi connectivity index (χ1) is 12.6. The van der Waals surface area contributed by atoms with E-state index in [1.54, 1.807) is 19.1 Å². The molecule has 2 nitrogen and oxygen atoms in total. The largest absolute Gasteiger partial charge is 0.459 e. The summed E-state index contributed by atoms with van der Waals surface area (Å²) in [6.45, 7) is 3.51. The Morgan fingerprint density at radius 2 is 1.87 bits per heavy atom. The Morgan fingerprint density at radius 3 is 2.48 bits per heavy atom. The van der Waals surface area contributed by atoms with Gasteiger partial charge in [-0.3, -0.25) is 4.79 Å². The molecule has 0 N–H and O–H groups in total. The van der Waals surface area contributed by atoms with Gasteiger partial charge in [0.1, 0.15) is 11.3 Å². The van der Waals surface area contributed by atoms with Crippen LogP contribution in [0.25, 0.3) is 11.0 Å². The first kappa shape index (κ1) is 12.3. The Labute approximate surface area is 161 Å². The SMILES string of the molecule is [2H]c1c([2H])c([2H])c2c(C(=O)c3cc(Br)c(C)c(Br)c3)c(C(C)Cl)oc2c1[2H]. The number of carbonyl (C=O) groups excluding carboxylic acids is 1. The van der Waals surface area contributed by atoms with Gasteiger partial charge in [0.2, 0.25) is 0 Å². The van der Waals surface area contributed by atoms with Gasteiger partial charge in [-0.2, -0.15) is 0 Å². The fourth-order valence-electron chi connectivity index (χ4n) is 2.26. The van der Waals surface area contributed by atoms with Crippen LogP contribution in [0.1, 0.15) is 45.0 Å². The van der Waals surface area contributed by atoms with Crippen molar-refractivity contribution >= 4 is 60.2 Å². The molecule has 1 aromatic heterocycles. The molecule has 118 valence electrons. The average Bonchev–Trinajstić information content (AvgIpc) is 3.02. The molecule has 0 fully saturated rings. The molecule has 0 amide bonds. The van der Waals surface area contributed by atoms with Crippen LogP contribution in [0.2, 0.25) is 0 Å². The van der Waals surface area contributed by atoms with Gasteiger partial charge in [0.25, 0.3) is 0 Å².